The number of urea groups is 1. The smallest absolute Gasteiger partial charge is 0.324 e. The Hall–Kier alpha value is -2.24. The van der Waals surface area contributed by atoms with E-state index in [4.69, 9.17) is 9.47 Å². The van der Waals surface area contributed by atoms with Crippen LogP contribution in [0.25, 0.3) is 0 Å². The van der Waals surface area contributed by atoms with Crippen molar-refractivity contribution in [2.75, 3.05) is 20.3 Å². The van der Waals surface area contributed by atoms with Gasteiger partial charge in [-0.25, -0.2) is 4.79 Å². The van der Waals surface area contributed by atoms with E-state index in [2.05, 4.69) is 12.2 Å². The highest BCUT2D eigenvalue weighted by Crippen LogP contribution is 2.19. The molecule has 2 rings (SSSR count). The minimum absolute atomic E-state index is 0.160. The maximum Gasteiger partial charge on any atom is 0.324 e. The van der Waals surface area contributed by atoms with Gasteiger partial charge in [0.1, 0.15) is 24.1 Å². The second kappa shape index (κ2) is 7.68. The number of nitrogens with one attached hydrogen (secondary N) is 1. The normalized spacial score (nSPS) is 17.5. The molecule has 22 heavy (non-hydrogen) atoms. The summed E-state index contributed by atoms with van der Waals surface area (Å²) in [4.78, 5) is 25.2. The number of methoxy groups -OCH3 is 1. The molecule has 1 fully saturated rings. The fourth-order valence-electron chi connectivity index (χ4n) is 2.34. The maximum absolute atomic E-state index is 12.1. The molecule has 1 aliphatic heterocycles. The van der Waals surface area contributed by atoms with Gasteiger partial charge in [-0.3, -0.25) is 9.69 Å². The molecular weight excluding hydrogens is 284 g/mol. The van der Waals surface area contributed by atoms with E-state index in [1.54, 1.807) is 19.2 Å². The number of carbonyl (C=O) groups excluding carboxylic acids is 2. The summed E-state index contributed by atoms with van der Waals surface area (Å²) in [6.45, 7) is 2.55. The van der Waals surface area contributed by atoms with Crippen molar-refractivity contribution in [2.24, 2.45) is 0 Å². The lowest BCUT2D eigenvalue weighted by atomic mass is 10.1. The maximum atomic E-state index is 12.1. The van der Waals surface area contributed by atoms with Crippen molar-refractivity contribution < 1.29 is 19.1 Å². The Bertz CT molecular complexity index is 533. The van der Waals surface area contributed by atoms with Crippen LogP contribution in [-0.4, -0.2) is 43.1 Å². The molecule has 1 atom stereocenters. The minimum Gasteiger partial charge on any atom is -0.497 e. The summed E-state index contributed by atoms with van der Waals surface area (Å²) in [5.41, 5.74) is 0. The molecule has 6 nitrogen and oxygen atoms in total. The third kappa shape index (κ3) is 3.90. The Labute approximate surface area is 130 Å². The monoisotopic (exact) mass is 306 g/mol. The zero-order valence-electron chi connectivity index (χ0n) is 13.0. The van der Waals surface area contributed by atoms with Gasteiger partial charge >= 0.3 is 6.03 Å². The molecule has 1 N–H and O–H groups in total. The third-order valence-electron chi connectivity index (χ3n) is 3.58. The molecule has 6 heteroatoms. The lowest BCUT2D eigenvalue weighted by molar-refractivity contribution is -0.127. The van der Waals surface area contributed by atoms with Gasteiger partial charge in [0.15, 0.2) is 0 Å². The van der Waals surface area contributed by atoms with E-state index in [0.29, 0.717) is 17.9 Å². The van der Waals surface area contributed by atoms with Crippen molar-refractivity contribution in [3.63, 3.8) is 0 Å². The lowest BCUT2D eigenvalue weighted by Gasteiger charge is -2.14. The quantitative estimate of drug-likeness (QED) is 0.748. The molecule has 0 aliphatic carbocycles. The molecular formula is C16H22N2O4. The molecule has 0 aromatic heterocycles. The highest BCUT2D eigenvalue weighted by Gasteiger charge is 2.36. The number of benzene rings is 1. The number of unbranched alkanes of at least 4 members (excludes halogenated alkanes) is 1. The molecule has 1 heterocycles. The molecule has 3 amide bonds. The molecule has 1 aromatic rings. The van der Waals surface area contributed by atoms with E-state index in [9.17, 15) is 9.59 Å². The molecule has 0 spiro atoms. The Kier molecular flexibility index (Phi) is 5.63. The lowest BCUT2D eigenvalue weighted by Crippen LogP contribution is -2.35. The first kappa shape index (κ1) is 16.1. The molecule has 0 bridgehead atoms. The molecule has 1 aliphatic rings. The van der Waals surface area contributed by atoms with E-state index in [-0.39, 0.29) is 31.1 Å². The van der Waals surface area contributed by atoms with Crippen LogP contribution in [0, 0.1) is 0 Å². The number of nitrogens with zero attached hydrogens (tertiary/aromatic N) is 1. The predicted molar refractivity (Wildman–Crippen MR) is 82.0 cm³/mol. The Morgan fingerprint density at radius 1 is 1.27 bits per heavy atom. The van der Waals surface area contributed by atoms with E-state index >= 15 is 0 Å². The van der Waals surface area contributed by atoms with E-state index in [0.717, 1.165) is 12.8 Å². The molecule has 0 saturated carbocycles. The zero-order chi connectivity index (χ0) is 15.9. The zero-order valence-corrected chi connectivity index (χ0v) is 13.0. The summed E-state index contributed by atoms with van der Waals surface area (Å²) in [5, 5.41) is 2.72. The summed E-state index contributed by atoms with van der Waals surface area (Å²) in [7, 11) is 1.59. The number of imide groups is 1. The van der Waals surface area contributed by atoms with Crippen LogP contribution in [0.2, 0.25) is 0 Å². The summed E-state index contributed by atoms with van der Waals surface area (Å²) >= 11 is 0. The van der Waals surface area contributed by atoms with E-state index < -0.39 is 0 Å². The first-order chi connectivity index (χ1) is 10.7. The van der Waals surface area contributed by atoms with Gasteiger partial charge in [-0.05, 0) is 18.6 Å². The average molecular weight is 306 g/mol. The van der Waals surface area contributed by atoms with Crippen LogP contribution in [0.3, 0.4) is 0 Å². The van der Waals surface area contributed by atoms with E-state index in [1.807, 2.05) is 12.1 Å². The number of carbonyl (C=O) groups is 2. The van der Waals surface area contributed by atoms with Gasteiger partial charge in [0.2, 0.25) is 0 Å². The van der Waals surface area contributed by atoms with Crippen LogP contribution in [0.4, 0.5) is 4.79 Å². The number of ether oxygens (including phenoxy) is 2. The highest BCUT2D eigenvalue weighted by atomic mass is 16.5. The Balaban J connectivity index is 1.83. The predicted octanol–water partition coefficient (Wildman–Crippen LogP) is 2.18. The number of amides is 3. The number of hydrogen-bond acceptors (Lipinski definition) is 4. The van der Waals surface area contributed by atoms with Crippen molar-refractivity contribution in [3.8, 4) is 11.5 Å². The van der Waals surface area contributed by atoms with Gasteiger partial charge in [0.05, 0.1) is 13.7 Å². The SMILES string of the molecule is CCCC[C@H]1NC(=O)N(CCOc2cccc(OC)c2)C1=O. The highest BCUT2D eigenvalue weighted by molar-refractivity contribution is 6.04. The fraction of sp³-hybridized carbons (Fsp3) is 0.500. The minimum atomic E-state index is -0.385. The van der Waals surface area contributed by atoms with Crippen molar-refractivity contribution in [1.29, 1.82) is 0 Å². The van der Waals surface area contributed by atoms with Crippen LogP contribution in [0.15, 0.2) is 24.3 Å². The third-order valence-corrected chi connectivity index (χ3v) is 3.58. The molecule has 1 aromatic carbocycles. The second-order valence-electron chi connectivity index (χ2n) is 5.16. The van der Waals surface area contributed by atoms with Gasteiger partial charge in [-0.1, -0.05) is 25.8 Å². The molecule has 0 radical (unpaired) electrons. The van der Waals surface area contributed by atoms with Crippen LogP contribution < -0.4 is 14.8 Å². The van der Waals surface area contributed by atoms with Gasteiger partial charge in [0, 0.05) is 6.07 Å². The first-order valence-corrected chi connectivity index (χ1v) is 7.54. The summed E-state index contributed by atoms with van der Waals surface area (Å²) in [6.07, 6.45) is 2.61. The standard InChI is InChI=1S/C16H22N2O4/c1-3-4-8-14-15(19)18(16(20)17-14)9-10-22-13-7-5-6-12(11-13)21-2/h5-7,11,14H,3-4,8-10H2,1-2H3,(H,17,20)/t14-/m1/s1. The van der Waals surface area contributed by atoms with Crippen LogP contribution in [0.5, 0.6) is 11.5 Å². The summed E-state index contributed by atoms with van der Waals surface area (Å²) in [6, 6.07) is 6.49. The fourth-order valence-corrected chi connectivity index (χ4v) is 2.34. The van der Waals surface area contributed by atoms with Crippen molar-refractivity contribution in [1.82, 2.24) is 10.2 Å². The summed E-state index contributed by atoms with van der Waals surface area (Å²) < 4.78 is 10.7. The van der Waals surface area contributed by atoms with Gasteiger partial charge in [-0.2, -0.15) is 0 Å². The Morgan fingerprint density at radius 3 is 2.77 bits per heavy atom. The van der Waals surface area contributed by atoms with Crippen LogP contribution in [-0.2, 0) is 4.79 Å². The second-order valence-corrected chi connectivity index (χ2v) is 5.16. The first-order valence-electron chi connectivity index (χ1n) is 7.54. The number of hydrogen-bond donors (Lipinski definition) is 1. The van der Waals surface area contributed by atoms with Gasteiger partial charge in [0.25, 0.3) is 5.91 Å². The summed E-state index contributed by atoms with van der Waals surface area (Å²) in [5.74, 6) is 1.19. The van der Waals surface area contributed by atoms with Crippen molar-refractivity contribution in [2.45, 2.75) is 32.2 Å². The van der Waals surface area contributed by atoms with Crippen molar-refractivity contribution >= 4 is 11.9 Å². The van der Waals surface area contributed by atoms with Crippen molar-refractivity contribution in [3.05, 3.63) is 24.3 Å². The van der Waals surface area contributed by atoms with Crippen LogP contribution >= 0.6 is 0 Å². The average Bonchev–Trinajstić information content (AvgIpc) is 2.80. The van der Waals surface area contributed by atoms with Gasteiger partial charge in [-0.15, -0.1) is 0 Å². The number of rotatable bonds is 8. The topological polar surface area (TPSA) is 67.9 Å². The molecule has 1 saturated heterocycles. The van der Waals surface area contributed by atoms with Gasteiger partial charge < -0.3 is 14.8 Å². The van der Waals surface area contributed by atoms with E-state index in [1.165, 1.54) is 4.90 Å². The largest absolute Gasteiger partial charge is 0.497 e. The van der Waals surface area contributed by atoms with Crippen LogP contribution in [0.1, 0.15) is 26.2 Å². The molecule has 120 valence electrons. The Morgan fingerprint density at radius 2 is 2.05 bits per heavy atom. The molecule has 0 unspecified atom stereocenters.